The Hall–Kier alpha value is -1.65. The monoisotopic (exact) mass is 231 g/mol. The summed E-state index contributed by atoms with van der Waals surface area (Å²) in [6.07, 6.45) is 8.57. The Morgan fingerprint density at radius 1 is 1.41 bits per heavy atom. The summed E-state index contributed by atoms with van der Waals surface area (Å²) in [5.41, 5.74) is 0.852. The van der Waals surface area contributed by atoms with Crippen molar-refractivity contribution in [1.29, 1.82) is 0 Å². The standard InChI is InChI=1S/C12H17N5/c1-2-3-6-13-10-12-16-15-11(9-4-5-9)17(12)8-7-14-10/h7-9H,2-6H2,1H3,(H,13,14). The van der Waals surface area contributed by atoms with Gasteiger partial charge in [0, 0.05) is 24.9 Å². The maximum atomic E-state index is 4.34. The zero-order valence-electron chi connectivity index (χ0n) is 10.1. The van der Waals surface area contributed by atoms with Gasteiger partial charge in [0.15, 0.2) is 5.82 Å². The summed E-state index contributed by atoms with van der Waals surface area (Å²) in [6, 6.07) is 0. The van der Waals surface area contributed by atoms with Gasteiger partial charge in [-0.05, 0) is 19.3 Å². The molecule has 0 spiro atoms. The molecule has 0 unspecified atom stereocenters. The van der Waals surface area contributed by atoms with Gasteiger partial charge in [-0.2, -0.15) is 0 Å². The molecule has 1 saturated carbocycles. The molecule has 17 heavy (non-hydrogen) atoms. The van der Waals surface area contributed by atoms with E-state index in [-0.39, 0.29) is 0 Å². The van der Waals surface area contributed by atoms with Crippen LogP contribution in [0.5, 0.6) is 0 Å². The summed E-state index contributed by atoms with van der Waals surface area (Å²) < 4.78 is 2.07. The van der Waals surface area contributed by atoms with E-state index in [9.17, 15) is 0 Å². The predicted octanol–water partition coefficient (Wildman–Crippen LogP) is 2.21. The van der Waals surface area contributed by atoms with E-state index >= 15 is 0 Å². The van der Waals surface area contributed by atoms with Gasteiger partial charge in [0.2, 0.25) is 5.65 Å². The number of hydrogen-bond acceptors (Lipinski definition) is 4. The zero-order valence-corrected chi connectivity index (χ0v) is 10.1. The third-order valence-electron chi connectivity index (χ3n) is 3.12. The van der Waals surface area contributed by atoms with Crippen LogP contribution < -0.4 is 5.32 Å². The van der Waals surface area contributed by atoms with Gasteiger partial charge in [-0.25, -0.2) is 4.98 Å². The minimum absolute atomic E-state index is 0.607. The van der Waals surface area contributed by atoms with E-state index in [2.05, 4.69) is 31.8 Å². The number of anilines is 1. The third-order valence-corrected chi connectivity index (χ3v) is 3.12. The van der Waals surface area contributed by atoms with Gasteiger partial charge in [0.25, 0.3) is 0 Å². The second-order valence-electron chi connectivity index (χ2n) is 4.58. The van der Waals surface area contributed by atoms with Crippen LogP contribution in [0.25, 0.3) is 5.65 Å². The van der Waals surface area contributed by atoms with E-state index in [0.29, 0.717) is 5.92 Å². The third kappa shape index (κ3) is 1.97. The fourth-order valence-corrected chi connectivity index (χ4v) is 1.97. The Morgan fingerprint density at radius 2 is 2.29 bits per heavy atom. The Morgan fingerprint density at radius 3 is 3.06 bits per heavy atom. The zero-order chi connectivity index (χ0) is 11.7. The molecule has 2 aromatic heterocycles. The molecule has 0 radical (unpaired) electrons. The molecule has 1 N–H and O–H groups in total. The molecule has 0 bridgehead atoms. The van der Waals surface area contributed by atoms with E-state index in [1.54, 1.807) is 0 Å². The molecule has 0 saturated heterocycles. The van der Waals surface area contributed by atoms with Crippen molar-refractivity contribution in [2.75, 3.05) is 11.9 Å². The Bertz CT molecular complexity index is 515. The molecule has 1 fully saturated rings. The molecule has 1 aliphatic carbocycles. The van der Waals surface area contributed by atoms with Crippen LogP contribution in [-0.4, -0.2) is 26.1 Å². The molecule has 2 heterocycles. The minimum Gasteiger partial charge on any atom is -0.367 e. The van der Waals surface area contributed by atoms with Crippen molar-refractivity contribution in [2.45, 2.75) is 38.5 Å². The van der Waals surface area contributed by atoms with Gasteiger partial charge in [-0.3, -0.25) is 4.40 Å². The number of unbranched alkanes of at least 4 members (excludes halogenated alkanes) is 1. The Balaban J connectivity index is 1.90. The van der Waals surface area contributed by atoms with Crippen LogP contribution in [0, 0.1) is 0 Å². The number of fused-ring (bicyclic) bond motifs is 1. The van der Waals surface area contributed by atoms with E-state index in [1.807, 2.05) is 12.4 Å². The highest BCUT2D eigenvalue weighted by Crippen LogP contribution is 2.39. The summed E-state index contributed by atoms with van der Waals surface area (Å²) >= 11 is 0. The minimum atomic E-state index is 0.607. The van der Waals surface area contributed by atoms with Gasteiger partial charge < -0.3 is 5.32 Å². The lowest BCUT2D eigenvalue weighted by atomic mass is 10.3. The van der Waals surface area contributed by atoms with Crippen molar-refractivity contribution in [3.63, 3.8) is 0 Å². The molecule has 5 heteroatoms. The fourth-order valence-electron chi connectivity index (χ4n) is 1.97. The van der Waals surface area contributed by atoms with Crippen molar-refractivity contribution in [3.8, 4) is 0 Å². The maximum absolute atomic E-state index is 4.34. The Labute approximate surface area is 100 Å². The molecule has 1 aliphatic rings. The first-order valence-corrected chi connectivity index (χ1v) is 6.33. The smallest absolute Gasteiger partial charge is 0.203 e. The first-order chi connectivity index (χ1) is 8.40. The van der Waals surface area contributed by atoms with Crippen LogP contribution in [0.4, 0.5) is 5.82 Å². The first kappa shape index (κ1) is 10.5. The second-order valence-corrected chi connectivity index (χ2v) is 4.58. The van der Waals surface area contributed by atoms with Crippen LogP contribution in [0.1, 0.15) is 44.3 Å². The first-order valence-electron chi connectivity index (χ1n) is 6.33. The topological polar surface area (TPSA) is 55.1 Å². The van der Waals surface area contributed by atoms with Gasteiger partial charge in [0.05, 0.1) is 0 Å². The van der Waals surface area contributed by atoms with E-state index < -0.39 is 0 Å². The number of aromatic nitrogens is 4. The number of nitrogens with zero attached hydrogens (tertiary/aromatic N) is 4. The SMILES string of the molecule is CCCCNc1nccn2c(C3CC3)nnc12. The quantitative estimate of drug-likeness (QED) is 0.802. The maximum Gasteiger partial charge on any atom is 0.203 e. The predicted molar refractivity (Wildman–Crippen MR) is 66.2 cm³/mol. The van der Waals surface area contributed by atoms with Crippen LogP contribution in [-0.2, 0) is 0 Å². The molecule has 3 rings (SSSR count). The number of rotatable bonds is 5. The highest BCUT2D eigenvalue weighted by atomic mass is 15.3. The van der Waals surface area contributed by atoms with Crippen molar-refractivity contribution in [2.24, 2.45) is 0 Å². The average Bonchev–Trinajstić information content (AvgIpc) is 3.10. The normalized spacial score (nSPS) is 15.4. The van der Waals surface area contributed by atoms with Gasteiger partial charge >= 0.3 is 0 Å². The second kappa shape index (κ2) is 4.31. The van der Waals surface area contributed by atoms with Gasteiger partial charge in [-0.1, -0.05) is 13.3 Å². The van der Waals surface area contributed by atoms with Crippen molar-refractivity contribution < 1.29 is 0 Å². The Kier molecular flexibility index (Phi) is 2.66. The molecular formula is C12H17N5. The molecule has 0 aromatic carbocycles. The van der Waals surface area contributed by atoms with Crippen LogP contribution in [0.2, 0.25) is 0 Å². The summed E-state index contributed by atoms with van der Waals surface area (Å²) in [6.45, 7) is 3.12. The van der Waals surface area contributed by atoms with E-state index in [0.717, 1.165) is 30.3 Å². The van der Waals surface area contributed by atoms with Gasteiger partial charge in [-0.15, -0.1) is 10.2 Å². The number of nitrogens with one attached hydrogen (secondary N) is 1. The molecule has 2 aromatic rings. The molecular weight excluding hydrogens is 214 g/mol. The molecule has 0 amide bonds. The van der Waals surface area contributed by atoms with Crippen molar-refractivity contribution >= 4 is 11.5 Å². The number of hydrogen-bond donors (Lipinski definition) is 1. The summed E-state index contributed by atoms with van der Waals surface area (Å²) in [7, 11) is 0. The van der Waals surface area contributed by atoms with Crippen LogP contribution >= 0.6 is 0 Å². The van der Waals surface area contributed by atoms with Gasteiger partial charge in [0.1, 0.15) is 5.82 Å². The molecule has 5 nitrogen and oxygen atoms in total. The molecule has 90 valence electrons. The fraction of sp³-hybridized carbons (Fsp3) is 0.583. The lowest BCUT2D eigenvalue weighted by molar-refractivity contribution is 0.830. The summed E-state index contributed by atoms with van der Waals surface area (Å²) in [5.74, 6) is 2.54. The highest BCUT2D eigenvalue weighted by molar-refractivity contribution is 5.62. The highest BCUT2D eigenvalue weighted by Gasteiger charge is 2.29. The largest absolute Gasteiger partial charge is 0.367 e. The van der Waals surface area contributed by atoms with E-state index in [1.165, 1.54) is 19.3 Å². The van der Waals surface area contributed by atoms with Crippen LogP contribution in [0.3, 0.4) is 0 Å². The molecule has 0 atom stereocenters. The van der Waals surface area contributed by atoms with E-state index in [4.69, 9.17) is 0 Å². The van der Waals surface area contributed by atoms with Crippen molar-refractivity contribution in [1.82, 2.24) is 19.6 Å². The van der Waals surface area contributed by atoms with Crippen LogP contribution in [0.15, 0.2) is 12.4 Å². The van der Waals surface area contributed by atoms with Crippen molar-refractivity contribution in [3.05, 3.63) is 18.2 Å². The lowest BCUT2D eigenvalue weighted by Crippen LogP contribution is -2.05. The summed E-state index contributed by atoms with van der Waals surface area (Å²) in [5, 5.41) is 11.9. The lowest BCUT2D eigenvalue weighted by Gasteiger charge is -2.05. The summed E-state index contributed by atoms with van der Waals surface area (Å²) in [4.78, 5) is 4.34. The average molecular weight is 231 g/mol. The molecule has 0 aliphatic heterocycles.